The Morgan fingerprint density at radius 1 is 1.50 bits per heavy atom. The third-order valence-electron chi connectivity index (χ3n) is 1.90. The van der Waals surface area contributed by atoms with Gasteiger partial charge in [0.05, 0.1) is 5.54 Å². The molecule has 1 fully saturated rings. The number of carbonyl (C=O) groups excluding carboxylic acids is 1. The van der Waals surface area contributed by atoms with E-state index in [1.807, 2.05) is 20.9 Å². The van der Waals surface area contributed by atoms with Crippen molar-refractivity contribution in [3.8, 4) is 0 Å². The molecule has 0 aliphatic heterocycles. The molecule has 0 bridgehead atoms. The average Bonchev–Trinajstić information content (AvgIpc) is 2.71. The summed E-state index contributed by atoms with van der Waals surface area (Å²) in [6.07, 6.45) is 2.05. The quantitative estimate of drug-likeness (QED) is 0.639. The molecule has 0 unspecified atom stereocenters. The monoisotopic (exact) mass is 145 g/mol. The average molecular weight is 145 g/mol. The lowest BCUT2D eigenvalue weighted by Crippen LogP contribution is -2.34. The van der Waals surface area contributed by atoms with Gasteiger partial charge in [0.15, 0.2) is 0 Å². The van der Waals surface area contributed by atoms with E-state index in [2.05, 4.69) is 5.32 Å². The van der Waals surface area contributed by atoms with E-state index in [-0.39, 0.29) is 12.7 Å². The first-order valence-corrected chi connectivity index (χ1v) is 3.91. The second kappa shape index (κ2) is 3.71. The van der Waals surface area contributed by atoms with Crippen molar-refractivity contribution in [1.29, 1.82) is 0 Å². The second-order valence-electron chi connectivity index (χ2n) is 2.39. The summed E-state index contributed by atoms with van der Waals surface area (Å²) in [5, 5.41) is 3.00. The largest absolute Gasteiger partial charge is 0.308 e. The number of Topliss-reactive ketones (excluding diaryl/α,β-unsaturated/α-hetero) is 1. The maximum absolute atomic E-state index is 10.7. The zero-order chi connectivity index (χ0) is 8.20. The summed E-state index contributed by atoms with van der Waals surface area (Å²) in [7, 11) is 1.84. The summed E-state index contributed by atoms with van der Waals surface area (Å²) < 4.78 is 0. The standard InChI is InChI=1S/C6H11NO.C2H6.H2/c1-5(8)6(7-2)3-4-6;1-2;/h7H,3-4H2,1-2H3;1-2H3;1H. The molecule has 0 saturated heterocycles. The van der Waals surface area contributed by atoms with E-state index in [1.165, 1.54) is 0 Å². The highest BCUT2D eigenvalue weighted by molar-refractivity contribution is 5.89. The van der Waals surface area contributed by atoms with Gasteiger partial charge in [-0.05, 0) is 26.8 Å². The number of rotatable bonds is 2. The fourth-order valence-electron chi connectivity index (χ4n) is 0.903. The normalized spacial score (nSPS) is 18.8. The van der Waals surface area contributed by atoms with Crippen LogP contribution in [0, 0.1) is 0 Å². The predicted molar refractivity (Wildman–Crippen MR) is 45.2 cm³/mol. The molecule has 1 aliphatic carbocycles. The molecule has 2 heteroatoms. The van der Waals surface area contributed by atoms with Crippen molar-refractivity contribution >= 4 is 5.78 Å². The summed E-state index contributed by atoms with van der Waals surface area (Å²) in [5.41, 5.74) is -0.0972. The molecule has 1 saturated carbocycles. The van der Waals surface area contributed by atoms with E-state index in [9.17, 15) is 4.79 Å². The Bertz CT molecular complexity index is 121. The van der Waals surface area contributed by atoms with Crippen molar-refractivity contribution in [1.82, 2.24) is 5.32 Å². The Morgan fingerprint density at radius 3 is 1.90 bits per heavy atom. The summed E-state index contributed by atoms with van der Waals surface area (Å²) in [4.78, 5) is 10.7. The lowest BCUT2D eigenvalue weighted by molar-refractivity contribution is -0.119. The van der Waals surface area contributed by atoms with Crippen LogP contribution in [-0.4, -0.2) is 18.4 Å². The highest BCUT2D eigenvalue weighted by Crippen LogP contribution is 2.35. The van der Waals surface area contributed by atoms with E-state index in [0.717, 1.165) is 12.8 Å². The fourth-order valence-corrected chi connectivity index (χ4v) is 0.903. The predicted octanol–water partition coefficient (Wildman–Crippen LogP) is 1.60. The van der Waals surface area contributed by atoms with Crippen LogP contribution in [-0.2, 0) is 4.79 Å². The zero-order valence-corrected chi connectivity index (χ0v) is 7.32. The fraction of sp³-hybridized carbons (Fsp3) is 0.875. The van der Waals surface area contributed by atoms with Crippen LogP contribution in [0.4, 0.5) is 0 Å². The minimum Gasteiger partial charge on any atom is -0.308 e. The van der Waals surface area contributed by atoms with Crippen LogP contribution in [0.1, 0.15) is 35.0 Å². The molecule has 1 aliphatic rings. The first kappa shape index (κ1) is 9.63. The van der Waals surface area contributed by atoms with Gasteiger partial charge in [-0.3, -0.25) is 4.79 Å². The van der Waals surface area contributed by atoms with Crippen molar-refractivity contribution in [2.45, 2.75) is 39.2 Å². The summed E-state index contributed by atoms with van der Waals surface area (Å²) >= 11 is 0. The van der Waals surface area contributed by atoms with Gasteiger partial charge < -0.3 is 5.32 Å². The highest BCUT2D eigenvalue weighted by atomic mass is 16.1. The van der Waals surface area contributed by atoms with Gasteiger partial charge in [-0.25, -0.2) is 0 Å². The third kappa shape index (κ3) is 1.81. The van der Waals surface area contributed by atoms with Crippen molar-refractivity contribution in [2.24, 2.45) is 0 Å². The molecule has 2 nitrogen and oxygen atoms in total. The topological polar surface area (TPSA) is 29.1 Å². The minimum absolute atomic E-state index is 0. The lowest BCUT2D eigenvalue weighted by atomic mass is 10.2. The highest BCUT2D eigenvalue weighted by Gasteiger charge is 2.45. The molecular weight excluding hydrogens is 126 g/mol. The van der Waals surface area contributed by atoms with Crippen molar-refractivity contribution in [3.05, 3.63) is 0 Å². The molecule has 1 N–H and O–H groups in total. The van der Waals surface area contributed by atoms with Crippen LogP contribution in [0.15, 0.2) is 0 Å². The van der Waals surface area contributed by atoms with Crippen molar-refractivity contribution in [2.75, 3.05) is 7.05 Å². The molecule has 62 valence electrons. The van der Waals surface area contributed by atoms with Gasteiger partial charge in [0.25, 0.3) is 0 Å². The maximum Gasteiger partial charge on any atom is 0.149 e. The number of hydrogen-bond acceptors (Lipinski definition) is 2. The summed E-state index contributed by atoms with van der Waals surface area (Å²) in [5.74, 6) is 0.278. The second-order valence-corrected chi connectivity index (χ2v) is 2.39. The van der Waals surface area contributed by atoms with Crippen LogP contribution in [0.5, 0.6) is 0 Å². The van der Waals surface area contributed by atoms with Crippen LogP contribution in [0.3, 0.4) is 0 Å². The summed E-state index contributed by atoms with van der Waals surface area (Å²) in [6, 6.07) is 0. The Labute approximate surface area is 64.5 Å². The smallest absolute Gasteiger partial charge is 0.149 e. The van der Waals surface area contributed by atoms with Crippen LogP contribution >= 0.6 is 0 Å². The SMILES string of the molecule is CC.CNC1(C(C)=O)CC1.[HH]. The molecule has 10 heavy (non-hydrogen) atoms. The Morgan fingerprint density at radius 2 is 1.90 bits per heavy atom. The van der Waals surface area contributed by atoms with Crippen LogP contribution in [0.2, 0.25) is 0 Å². The molecule has 1 rings (SSSR count). The van der Waals surface area contributed by atoms with Gasteiger partial charge in [0.1, 0.15) is 5.78 Å². The van der Waals surface area contributed by atoms with Crippen LogP contribution in [0.25, 0.3) is 0 Å². The lowest BCUT2D eigenvalue weighted by Gasteiger charge is -2.06. The number of ketones is 1. The molecule has 0 spiro atoms. The Balaban J connectivity index is 0. The molecule has 0 aromatic rings. The molecule has 0 atom stereocenters. The molecule has 0 radical (unpaired) electrons. The van der Waals surface area contributed by atoms with E-state index in [1.54, 1.807) is 6.92 Å². The molecular formula is C8H19NO. The number of likely N-dealkylation sites (N-methyl/N-ethyl adjacent to an activating group) is 1. The molecule has 0 amide bonds. The van der Waals surface area contributed by atoms with E-state index < -0.39 is 0 Å². The molecule has 0 heterocycles. The zero-order valence-electron chi connectivity index (χ0n) is 7.32. The van der Waals surface area contributed by atoms with E-state index >= 15 is 0 Å². The first-order chi connectivity index (χ1) is 4.71. The Hall–Kier alpha value is -0.370. The third-order valence-corrected chi connectivity index (χ3v) is 1.90. The molecule has 0 aromatic carbocycles. The Kier molecular flexibility index (Phi) is 3.58. The van der Waals surface area contributed by atoms with Gasteiger partial charge in [-0.2, -0.15) is 0 Å². The van der Waals surface area contributed by atoms with Crippen molar-refractivity contribution < 1.29 is 6.22 Å². The van der Waals surface area contributed by atoms with E-state index in [4.69, 9.17) is 0 Å². The van der Waals surface area contributed by atoms with Gasteiger partial charge in [0, 0.05) is 1.43 Å². The minimum atomic E-state index is -0.0972. The van der Waals surface area contributed by atoms with Crippen molar-refractivity contribution in [3.63, 3.8) is 0 Å². The number of hydrogen-bond donors (Lipinski definition) is 1. The number of nitrogens with one attached hydrogen (secondary N) is 1. The maximum atomic E-state index is 10.7. The number of carbonyl (C=O) groups is 1. The van der Waals surface area contributed by atoms with Gasteiger partial charge in [0.2, 0.25) is 0 Å². The van der Waals surface area contributed by atoms with Gasteiger partial charge in [-0.1, -0.05) is 13.8 Å². The van der Waals surface area contributed by atoms with Gasteiger partial charge >= 0.3 is 0 Å². The first-order valence-electron chi connectivity index (χ1n) is 3.91. The van der Waals surface area contributed by atoms with E-state index in [0.29, 0.717) is 0 Å². The summed E-state index contributed by atoms with van der Waals surface area (Å²) in [6.45, 7) is 5.64. The van der Waals surface area contributed by atoms with Gasteiger partial charge in [-0.15, -0.1) is 0 Å². The van der Waals surface area contributed by atoms with Crippen LogP contribution < -0.4 is 5.32 Å². The molecule has 0 aromatic heterocycles.